The van der Waals surface area contributed by atoms with Crippen LogP contribution in [0.5, 0.6) is 5.75 Å². The quantitative estimate of drug-likeness (QED) is 0.391. The molecule has 29 heavy (non-hydrogen) atoms. The van der Waals surface area contributed by atoms with Crippen LogP contribution >= 0.6 is 0 Å². The van der Waals surface area contributed by atoms with Gasteiger partial charge in [0, 0.05) is 17.7 Å². The van der Waals surface area contributed by atoms with Gasteiger partial charge in [-0.2, -0.15) is 0 Å². The van der Waals surface area contributed by atoms with Gasteiger partial charge in [0.25, 0.3) is 17.5 Å². The first kappa shape index (κ1) is 21.4. The Kier molecular flexibility index (Phi) is 7.24. The van der Waals surface area contributed by atoms with Gasteiger partial charge >= 0.3 is 5.97 Å². The number of nitrogens with one attached hydrogen (secondary N) is 2. The van der Waals surface area contributed by atoms with E-state index in [2.05, 4.69) is 10.6 Å². The molecule has 10 heteroatoms. The summed E-state index contributed by atoms with van der Waals surface area (Å²) >= 11 is 0. The number of hydrogen-bond acceptors (Lipinski definition) is 7. The summed E-state index contributed by atoms with van der Waals surface area (Å²) < 4.78 is 10.1. The Hall–Kier alpha value is -3.95. The molecular weight excluding hydrogens is 382 g/mol. The van der Waals surface area contributed by atoms with Crippen LogP contribution in [0.1, 0.15) is 17.3 Å². The second-order valence-corrected chi connectivity index (χ2v) is 5.81. The summed E-state index contributed by atoms with van der Waals surface area (Å²) in [4.78, 5) is 46.2. The lowest BCUT2D eigenvalue weighted by molar-refractivity contribution is -0.384. The monoisotopic (exact) mass is 401 g/mol. The van der Waals surface area contributed by atoms with Gasteiger partial charge in [-0.05, 0) is 25.1 Å². The summed E-state index contributed by atoms with van der Waals surface area (Å²) in [7, 11) is 1.46. The van der Waals surface area contributed by atoms with Crippen LogP contribution in [0.25, 0.3) is 0 Å². The number of para-hydroxylation sites is 2. The number of rotatable bonds is 8. The van der Waals surface area contributed by atoms with E-state index in [4.69, 9.17) is 9.47 Å². The molecule has 0 fully saturated rings. The Labute approximate surface area is 166 Å². The van der Waals surface area contributed by atoms with Crippen molar-refractivity contribution in [1.82, 2.24) is 5.32 Å². The lowest BCUT2D eigenvalue weighted by atomic mass is 10.2. The molecule has 0 saturated heterocycles. The first-order valence-electron chi connectivity index (χ1n) is 8.48. The van der Waals surface area contributed by atoms with Gasteiger partial charge in [-0.3, -0.25) is 24.5 Å². The average molecular weight is 401 g/mol. The molecule has 2 aromatic carbocycles. The van der Waals surface area contributed by atoms with E-state index in [1.165, 1.54) is 32.2 Å². The summed E-state index contributed by atoms with van der Waals surface area (Å²) in [6.07, 6.45) is -1.12. The van der Waals surface area contributed by atoms with Gasteiger partial charge in [0.05, 0.1) is 17.7 Å². The molecule has 2 amide bonds. The fraction of sp³-hybridized carbons (Fsp3) is 0.211. The van der Waals surface area contributed by atoms with Crippen LogP contribution in [0.3, 0.4) is 0 Å². The van der Waals surface area contributed by atoms with E-state index < -0.39 is 35.4 Å². The van der Waals surface area contributed by atoms with E-state index in [1.807, 2.05) is 0 Å². The van der Waals surface area contributed by atoms with Crippen molar-refractivity contribution in [2.45, 2.75) is 13.0 Å². The molecule has 10 nitrogen and oxygen atoms in total. The Bertz CT molecular complexity index is 930. The molecule has 0 aliphatic heterocycles. The van der Waals surface area contributed by atoms with Crippen molar-refractivity contribution in [2.24, 2.45) is 0 Å². The number of amides is 2. The smallest absolute Gasteiger partial charge is 0.326 e. The molecule has 0 radical (unpaired) electrons. The van der Waals surface area contributed by atoms with E-state index in [1.54, 1.807) is 24.3 Å². The predicted molar refractivity (Wildman–Crippen MR) is 103 cm³/mol. The Morgan fingerprint density at radius 3 is 2.55 bits per heavy atom. The van der Waals surface area contributed by atoms with Crippen LogP contribution in [0.15, 0.2) is 48.5 Å². The van der Waals surface area contributed by atoms with Crippen molar-refractivity contribution in [3.63, 3.8) is 0 Å². The van der Waals surface area contributed by atoms with Gasteiger partial charge in [0.2, 0.25) is 0 Å². The molecule has 0 saturated carbocycles. The van der Waals surface area contributed by atoms with Crippen LogP contribution < -0.4 is 15.4 Å². The zero-order valence-corrected chi connectivity index (χ0v) is 15.7. The molecular formula is C19H19N3O7. The first-order valence-corrected chi connectivity index (χ1v) is 8.48. The van der Waals surface area contributed by atoms with Crippen LogP contribution in [-0.4, -0.2) is 42.5 Å². The largest absolute Gasteiger partial charge is 0.495 e. The number of non-ortho nitro benzene ring substituents is 1. The summed E-state index contributed by atoms with van der Waals surface area (Å²) in [6, 6.07) is 11.8. The third-order valence-corrected chi connectivity index (χ3v) is 3.75. The molecule has 0 bridgehead atoms. The maximum atomic E-state index is 12.2. The predicted octanol–water partition coefficient (Wildman–Crippen LogP) is 1.90. The number of ether oxygens (including phenoxy) is 2. The highest BCUT2D eigenvalue weighted by Gasteiger charge is 2.20. The van der Waals surface area contributed by atoms with Gasteiger partial charge in [0.1, 0.15) is 12.3 Å². The standard InChI is InChI=1S/C19H19N3O7/c1-12(18(24)21-15-8-3-4-9-16(15)28-2)29-17(23)11-20-19(25)13-6-5-7-14(10-13)22(26)27/h3-10,12H,11H2,1-2H3,(H,20,25)(H,21,24)/t12-/m0/s1. The van der Waals surface area contributed by atoms with Gasteiger partial charge in [-0.25, -0.2) is 0 Å². The minimum atomic E-state index is -1.12. The lowest BCUT2D eigenvalue weighted by Crippen LogP contribution is -2.35. The van der Waals surface area contributed by atoms with Crippen molar-refractivity contribution >= 4 is 29.2 Å². The van der Waals surface area contributed by atoms with Gasteiger partial charge in [0.15, 0.2) is 6.10 Å². The molecule has 0 aliphatic carbocycles. The maximum Gasteiger partial charge on any atom is 0.326 e. The molecule has 152 valence electrons. The van der Waals surface area contributed by atoms with Crippen LogP contribution in [-0.2, 0) is 14.3 Å². The van der Waals surface area contributed by atoms with E-state index >= 15 is 0 Å². The number of carbonyl (C=O) groups excluding carboxylic acids is 3. The minimum Gasteiger partial charge on any atom is -0.495 e. The number of methoxy groups -OCH3 is 1. The highest BCUT2D eigenvalue weighted by atomic mass is 16.6. The summed E-state index contributed by atoms with van der Waals surface area (Å²) in [5, 5.41) is 15.6. The molecule has 0 aromatic heterocycles. The number of anilines is 1. The minimum absolute atomic E-state index is 0.0222. The summed E-state index contributed by atoms with van der Waals surface area (Å²) in [5.41, 5.74) is 0.192. The van der Waals surface area contributed by atoms with Crippen molar-refractivity contribution in [3.05, 3.63) is 64.2 Å². The Balaban J connectivity index is 1.86. The van der Waals surface area contributed by atoms with Crippen molar-refractivity contribution in [1.29, 1.82) is 0 Å². The molecule has 0 spiro atoms. The van der Waals surface area contributed by atoms with Crippen LogP contribution in [0.4, 0.5) is 11.4 Å². The van der Waals surface area contributed by atoms with Crippen molar-refractivity contribution in [2.75, 3.05) is 19.0 Å². The molecule has 2 rings (SSSR count). The van der Waals surface area contributed by atoms with Crippen LogP contribution in [0, 0.1) is 10.1 Å². The molecule has 2 N–H and O–H groups in total. The molecule has 0 heterocycles. The lowest BCUT2D eigenvalue weighted by Gasteiger charge is -2.15. The number of nitro benzene ring substituents is 1. The van der Waals surface area contributed by atoms with E-state index in [-0.39, 0.29) is 11.3 Å². The normalized spacial score (nSPS) is 11.1. The fourth-order valence-corrected chi connectivity index (χ4v) is 2.29. The Morgan fingerprint density at radius 1 is 1.14 bits per heavy atom. The van der Waals surface area contributed by atoms with E-state index in [0.717, 1.165) is 6.07 Å². The Morgan fingerprint density at radius 2 is 1.86 bits per heavy atom. The van der Waals surface area contributed by atoms with Crippen LogP contribution in [0.2, 0.25) is 0 Å². The number of benzene rings is 2. The fourth-order valence-electron chi connectivity index (χ4n) is 2.29. The zero-order chi connectivity index (χ0) is 21.4. The van der Waals surface area contributed by atoms with Crippen molar-refractivity contribution < 1.29 is 28.8 Å². The zero-order valence-electron chi connectivity index (χ0n) is 15.7. The topological polar surface area (TPSA) is 137 Å². The highest BCUT2D eigenvalue weighted by molar-refractivity contribution is 5.98. The van der Waals surface area contributed by atoms with E-state index in [9.17, 15) is 24.5 Å². The molecule has 0 aliphatic rings. The number of carbonyl (C=O) groups is 3. The first-order chi connectivity index (χ1) is 13.8. The third kappa shape index (κ3) is 6.03. The third-order valence-electron chi connectivity index (χ3n) is 3.75. The van der Waals surface area contributed by atoms with Gasteiger partial charge < -0.3 is 20.1 Å². The van der Waals surface area contributed by atoms with Gasteiger partial charge in [-0.1, -0.05) is 18.2 Å². The second-order valence-electron chi connectivity index (χ2n) is 5.81. The molecule has 2 aromatic rings. The average Bonchev–Trinajstić information content (AvgIpc) is 2.72. The highest BCUT2D eigenvalue weighted by Crippen LogP contribution is 2.23. The molecule has 0 unspecified atom stereocenters. The van der Waals surface area contributed by atoms with Crippen molar-refractivity contribution in [3.8, 4) is 5.75 Å². The van der Waals surface area contributed by atoms with E-state index in [0.29, 0.717) is 11.4 Å². The number of esters is 1. The number of hydrogen-bond donors (Lipinski definition) is 2. The SMILES string of the molecule is COc1ccccc1NC(=O)[C@H](C)OC(=O)CNC(=O)c1cccc([N+](=O)[O-])c1. The number of nitro groups is 1. The summed E-state index contributed by atoms with van der Waals surface area (Å²) in [5.74, 6) is -1.65. The summed E-state index contributed by atoms with van der Waals surface area (Å²) in [6.45, 7) is 0.874. The second kappa shape index (κ2) is 9.83. The van der Waals surface area contributed by atoms with Gasteiger partial charge in [-0.15, -0.1) is 0 Å². The number of nitrogens with zero attached hydrogens (tertiary/aromatic N) is 1. The maximum absolute atomic E-state index is 12.2. The molecule has 1 atom stereocenters.